The minimum absolute atomic E-state index is 0.108. The summed E-state index contributed by atoms with van der Waals surface area (Å²) in [6.07, 6.45) is 0.782. The molecule has 0 saturated carbocycles. The topological polar surface area (TPSA) is 67.9 Å². The van der Waals surface area contributed by atoms with Gasteiger partial charge in [-0.3, -0.25) is 9.59 Å². The first kappa shape index (κ1) is 23.2. The molecule has 1 heterocycles. The Morgan fingerprint density at radius 1 is 0.750 bits per heavy atom. The highest BCUT2D eigenvalue weighted by Gasteiger charge is 2.25. The summed E-state index contributed by atoms with van der Waals surface area (Å²) in [4.78, 5) is 28.3. The summed E-state index contributed by atoms with van der Waals surface area (Å²) in [5.41, 5.74) is 5.86. The zero-order valence-electron chi connectivity index (χ0n) is 20.2. The van der Waals surface area contributed by atoms with Gasteiger partial charge in [-0.2, -0.15) is 0 Å². The van der Waals surface area contributed by atoms with Crippen molar-refractivity contribution in [2.75, 3.05) is 24.4 Å². The van der Waals surface area contributed by atoms with Crippen LogP contribution < -0.4 is 19.7 Å². The van der Waals surface area contributed by atoms with Crippen molar-refractivity contribution in [3.8, 4) is 11.5 Å². The van der Waals surface area contributed by atoms with Crippen LogP contribution in [0.25, 0.3) is 0 Å². The number of rotatable bonds is 5. The first-order valence-corrected chi connectivity index (χ1v) is 11.7. The molecule has 36 heavy (non-hydrogen) atoms. The molecule has 1 N–H and O–H groups in total. The Morgan fingerprint density at radius 3 is 2.14 bits per heavy atom. The molecule has 1 aliphatic rings. The molecular formula is C30H26N2O4. The lowest BCUT2D eigenvalue weighted by Crippen LogP contribution is -2.30. The Labute approximate surface area is 210 Å². The van der Waals surface area contributed by atoms with Gasteiger partial charge in [0, 0.05) is 22.9 Å². The Morgan fingerprint density at radius 2 is 1.42 bits per heavy atom. The van der Waals surface area contributed by atoms with Gasteiger partial charge in [0.2, 0.25) is 0 Å². The zero-order valence-corrected chi connectivity index (χ0v) is 20.2. The van der Waals surface area contributed by atoms with E-state index >= 15 is 0 Å². The number of methoxy groups -OCH3 is 2. The first-order valence-electron chi connectivity index (χ1n) is 11.7. The summed E-state index contributed by atoms with van der Waals surface area (Å²) in [7, 11) is 3.10. The van der Waals surface area contributed by atoms with Crippen molar-refractivity contribution in [1.82, 2.24) is 0 Å². The molecule has 180 valence electrons. The lowest BCUT2D eigenvalue weighted by atomic mass is 10.0. The highest BCUT2D eigenvalue weighted by molar-refractivity contribution is 6.08. The molecule has 0 unspecified atom stereocenters. The Hall–Kier alpha value is -4.58. The molecule has 0 saturated heterocycles. The second-order valence-corrected chi connectivity index (χ2v) is 8.56. The Kier molecular flexibility index (Phi) is 6.41. The van der Waals surface area contributed by atoms with Crippen LogP contribution in [0.3, 0.4) is 0 Å². The fourth-order valence-electron chi connectivity index (χ4n) is 4.47. The smallest absolute Gasteiger partial charge is 0.258 e. The molecule has 2 amide bonds. The van der Waals surface area contributed by atoms with Crippen LogP contribution in [0.2, 0.25) is 0 Å². The van der Waals surface area contributed by atoms with E-state index in [2.05, 4.69) is 23.5 Å². The number of nitrogens with zero attached hydrogens (tertiary/aromatic N) is 1. The molecule has 5 rings (SSSR count). The summed E-state index contributed by atoms with van der Waals surface area (Å²) in [5, 5.41) is 2.86. The molecule has 0 spiro atoms. The van der Waals surface area contributed by atoms with Crippen LogP contribution in [-0.4, -0.2) is 26.0 Å². The van der Waals surface area contributed by atoms with Crippen LogP contribution in [0.15, 0.2) is 91.0 Å². The van der Waals surface area contributed by atoms with Gasteiger partial charge in [0.1, 0.15) is 11.5 Å². The summed E-state index contributed by atoms with van der Waals surface area (Å²) < 4.78 is 10.6. The van der Waals surface area contributed by atoms with Crippen molar-refractivity contribution < 1.29 is 19.1 Å². The normalized spacial score (nSPS) is 12.1. The van der Waals surface area contributed by atoms with Gasteiger partial charge in [-0.05, 0) is 65.6 Å². The molecule has 4 aromatic rings. The maximum absolute atomic E-state index is 13.6. The van der Waals surface area contributed by atoms with E-state index in [4.69, 9.17) is 9.47 Å². The number of hydrogen-bond acceptors (Lipinski definition) is 4. The lowest BCUT2D eigenvalue weighted by molar-refractivity contribution is 0.0982. The van der Waals surface area contributed by atoms with Gasteiger partial charge in [0.15, 0.2) is 0 Å². The van der Waals surface area contributed by atoms with Crippen molar-refractivity contribution in [2.24, 2.45) is 0 Å². The third-order valence-corrected chi connectivity index (χ3v) is 6.41. The molecular weight excluding hydrogens is 452 g/mol. The van der Waals surface area contributed by atoms with E-state index in [0.717, 1.165) is 23.2 Å². The van der Waals surface area contributed by atoms with E-state index in [0.29, 0.717) is 34.9 Å². The predicted octanol–water partition coefficient (Wildman–Crippen LogP) is 5.71. The van der Waals surface area contributed by atoms with E-state index in [1.165, 1.54) is 12.7 Å². The van der Waals surface area contributed by atoms with Crippen molar-refractivity contribution >= 4 is 23.2 Å². The largest absolute Gasteiger partial charge is 0.497 e. The first-order chi connectivity index (χ1) is 17.6. The average molecular weight is 479 g/mol. The Balaban J connectivity index is 1.38. The summed E-state index contributed by atoms with van der Waals surface area (Å²) >= 11 is 0. The monoisotopic (exact) mass is 478 g/mol. The van der Waals surface area contributed by atoms with Crippen LogP contribution in [0, 0.1) is 0 Å². The van der Waals surface area contributed by atoms with Gasteiger partial charge in [-0.25, -0.2) is 0 Å². The number of amides is 2. The second kappa shape index (κ2) is 9.96. The quantitative estimate of drug-likeness (QED) is 0.399. The Bertz CT molecular complexity index is 1430. The summed E-state index contributed by atoms with van der Waals surface area (Å²) in [6.45, 7) is 0.492. The maximum atomic E-state index is 13.6. The number of hydrogen-bond donors (Lipinski definition) is 1. The molecule has 4 aromatic carbocycles. The number of ether oxygens (including phenoxy) is 2. The van der Waals surface area contributed by atoms with Crippen molar-refractivity contribution in [1.29, 1.82) is 0 Å². The van der Waals surface area contributed by atoms with E-state index in [-0.39, 0.29) is 11.8 Å². The highest BCUT2D eigenvalue weighted by atomic mass is 16.5. The number of benzene rings is 4. The van der Waals surface area contributed by atoms with Crippen LogP contribution in [0.5, 0.6) is 11.5 Å². The van der Waals surface area contributed by atoms with Gasteiger partial charge < -0.3 is 19.7 Å². The summed E-state index contributed by atoms with van der Waals surface area (Å²) in [6, 6.07) is 28.1. The van der Waals surface area contributed by atoms with E-state index in [9.17, 15) is 9.59 Å². The molecule has 0 atom stereocenters. The highest BCUT2D eigenvalue weighted by Crippen LogP contribution is 2.32. The minimum Gasteiger partial charge on any atom is -0.497 e. The fourth-order valence-corrected chi connectivity index (χ4v) is 4.47. The molecule has 0 bridgehead atoms. The number of anilines is 2. The van der Waals surface area contributed by atoms with Crippen LogP contribution >= 0.6 is 0 Å². The third kappa shape index (κ3) is 4.53. The van der Waals surface area contributed by atoms with Gasteiger partial charge in [-0.15, -0.1) is 0 Å². The van der Waals surface area contributed by atoms with Gasteiger partial charge in [0.05, 0.1) is 26.5 Å². The second-order valence-electron chi connectivity index (χ2n) is 8.56. The van der Waals surface area contributed by atoms with Gasteiger partial charge in [-0.1, -0.05) is 42.5 Å². The maximum Gasteiger partial charge on any atom is 0.258 e. The lowest BCUT2D eigenvalue weighted by Gasteiger charge is -2.23. The van der Waals surface area contributed by atoms with E-state index in [1.807, 2.05) is 35.2 Å². The summed E-state index contributed by atoms with van der Waals surface area (Å²) in [5.74, 6) is 0.717. The van der Waals surface area contributed by atoms with Gasteiger partial charge >= 0.3 is 0 Å². The molecule has 0 aliphatic carbocycles. The average Bonchev–Trinajstić information content (AvgIpc) is 3.09. The van der Waals surface area contributed by atoms with Crippen LogP contribution in [0.1, 0.15) is 37.4 Å². The molecule has 0 radical (unpaired) electrons. The number of carbonyl (C=O) groups excluding carboxylic acids is 2. The van der Waals surface area contributed by atoms with Crippen LogP contribution in [-0.2, 0) is 13.0 Å². The number of para-hydroxylation sites is 1. The van der Waals surface area contributed by atoms with Crippen molar-refractivity contribution in [3.05, 3.63) is 119 Å². The zero-order chi connectivity index (χ0) is 25.1. The fraction of sp³-hybridized carbons (Fsp3) is 0.133. The molecule has 0 fully saturated rings. The molecule has 6 heteroatoms. The van der Waals surface area contributed by atoms with E-state index in [1.54, 1.807) is 49.6 Å². The van der Waals surface area contributed by atoms with Crippen LogP contribution in [0.4, 0.5) is 11.4 Å². The molecule has 6 nitrogen and oxygen atoms in total. The molecule has 0 aromatic heterocycles. The number of carbonyl (C=O) groups is 2. The minimum atomic E-state index is -0.300. The number of fused-ring (bicyclic) bond motifs is 2. The van der Waals surface area contributed by atoms with E-state index < -0.39 is 0 Å². The van der Waals surface area contributed by atoms with Crippen molar-refractivity contribution in [2.45, 2.75) is 13.0 Å². The third-order valence-electron chi connectivity index (χ3n) is 6.41. The predicted molar refractivity (Wildman–Crippen MR) is 140 cm³/mol. The number of nitrogens with one attached hydrogen (secondary N) is 1. The van der Waals surface area contributed by atoms with Gasteiger partial charge in [0.25, 0.3) is 11.8 Å². The standard InChI is InChI=1S/C30H26N2O4/c1-35-25-15-16-26(28(18-25)36-2)31-29(33)20-11-13-21(14-12-20)30(34)32-19-24-9-4-3-7-22(24)17-23-8-5-6-10-27(23)32/h3-16,18H,17,19H2,1-2H3,(H,31,33). The molecule has 1 aliphatic heterocycles. The van der Waals surface area contributed by atoms with Crippen molar-refractivity contribution in [3.63, 3.8) is 0 Å². The SMILES string of the molecule is COc1ccc(NC(=O)c2ccc(C(=O)N3Cc4ccccc4Cc4ccccc43)cc2)c(OC)c1.